The standard InChI is InChI=1S/C18H21NO3/c1-13-16(9-11-22-13)18(21)19-10-5-8-15(19)12-17(20)14-6-3-2-4-7-14/h2-4,6-7,9,11,15,17,20H,5,8,10,12H2,1H3/t15-,17+/m0/s1. The highest BCUT2D eigenvalue weighted by Gasteiger charge is 2.32. The molecule has 116 valence electrons. The normalized spacial score (nSPS) is 19.4. The lowest BCUT2D eigenvalue weighted by atomic mass is 10.0. The molecule has 1 amide bonds. The Morgan fingerprint density at radius 3 is 2.82 bits per heavy atom. The van der Waals surface area contributed by atoms with E-state index in [1.807, 2.05) is 35.2 Å². The number of aliphatic hydroxyl groups excluding tert-OH is 1. The Hall–Kier alpha value is -2.07. The van der Waals surface area contributed by atoms with E-state index < -0.39 is 6.10 Å². The molecule has 0 spiro atoms. The highest BCUT2D eigenvalue weighted by molar-refractivity contribution is 5.95. The van der Waals surface area contributed by atoms with Crippen molar-refractivity contribution >= 4 is 5.91 Å². The van der Waals surface area contributed by atoms with Crippen molar-refractivity contribution in [1.29, 1.82) is 0 Å². The van der Waals surface area contributed by atoms with E-state index in [-0.39, 0.29) is 11.9 Å². The SMILES string of the molecule is Cc1occc1C(=O)N1CCC[C@H]1C[C@@H](O)c1ccccc1. The predicted octanol–water partition coefficient (Wildman–Crippen LogP) is 3.32. The molecule has 2 aromatic rings. The number of benzene rings is 1. The Balaban J connectivity index is 1.71. The first-order valence-electron chi connectivity index (χ1n) is 7.75. The lowest BCUT2D eigenvalue weighted by molar-refractivity contribution is 0.0665. The summed E-state index contributed by atoms with van der Waals surface area (Å²) in [5.41, 5.74) is 1.53. The Morgan fingerprint density at radius 1 is 1.36 bits per heavy atom. The summed E-state index contributed by atoms with van der Waals surface area (Å²) in [5, 5.41) is 10.4. The van der Waals surface area contributed by atoms with Crippen molar-refractivity contribution < 1.29 is 14.3 Å². The smallest absolute Gasteiger partial charge is 0.257 e. The van der Waals surface area contributed by atoms with Gasteiger partial charge in [0.15, 0.2) is 0 Å². The summed E-state index contributed by atoms with van der Waals surface area (Å²) in [6.45, 7) is 2.55. The molecule has 4 nitrogen and oxygen atoms in total. The number of aliphatic hydroxyl groups is 1. The van der Waals surface area contributed by atoms with Gasteiger partial charge in [0.1, 0.15) is 5.76 Å². The Kier molecular flexibility index (Phi) is 4.29. The van der Waals surface area contributed by atoms with Crippen LogP contribution in [0.25, 0.3) is 0 Å². The third kappa shape index (κ3) is 2.92. The van der Waals surface area contributed by atoms with Gasteiger partial charge in [0.25, 0.3) is 5.91 Å². The van der Waals surface area contributed by atoms with E-state index >= 15 is 0 Å². The Labute approximate surface area is 130 Å². The molecule has 1 N–H and O–H groups in total. The van der Waals surface area contributed by atoms with Gasteiger partial charge in [-0.05, 0) is 37.8 Å². The molecular formula is C18H21NO3. The third-order valence-electron chi connectivity index (χ3n) is 4.41. The molecule has 0 bridgehead atoms. The molecular weight excluding hydrogens is 278 g/mol. The Bertz CT molecular complexity index is 635. The van der Waals surface area contributed by atoms with Gasteiger partial charge < -0.3 is 14.4 Å². The molecule has 1 aliphatic rings. The second kappa shape index (κ2) is 6.36. The van der Waals surface area contributed by atoms with Crippen LogP contribution in [0.2, 0.25) is 0 Å². The molecule has 1 fully saturated rings. The minimum absolute atomic E-state index is 0.00834. The van der Waals surface area contributed by atoms with E-state index in [0.717, 1.165) is 24.9 Å². The van der Waals surface area contributed by atoms with E-state index in [1.165, 1.54) is 0 Å². The Morgan fingerprint density at radius 2 is 2.14 bits per heavy atom. The average molecular weight is 299 g/mol. The van der Waals surface area contributed by atoms with Crippen LogP contribution in [-0.2, 0) is 0 Å². The van der Waals surface area contributed by atoms with E-state index in [9.17, 15) is 9.90 Å². The zero-order valence-electron chi connectivity index (χ0n) is 12.7. The molecule has 0 aliphatic carbocycles. The first-order valence-corrected chi connectivity index (χ1v) is 7.75. The number of hydrogen-bond donors (Lipinski definition) is 1. The van der Waals surface area contributed by atoms with Gasteiger partial charge in [-0.3, -0.25) is 4.79 Å². The monoisotopic (exact) mass is 299 g/mol. The van der Waals surface area contributed by atoms with Gasteiger partial charge in [0, 0.05) is 12.6 Å². The van der Waals surface area contributed by atoms with Crippen LogP contribution in [0.3, 0.4) is 0 Å². The molecule has 1 aromatic heterocycles. The van der Waals surface area contributed by atoms with Crippen LogP contribution < -0.4 is 0 Å². The molecule has 1 aliphatic heterocycles. The van der Waals surface area contributed by atoms with E-state index in [1.54, 1.807) is 19.3 Å². The van der Waals surface area contributed by atoms with Crippen molar-refractivity contribution in [3.63, 3.8) is 0 Å². The highest BCUT2D eigenvalue weighted by Crippen LogP contribution is 2.29. The molecule has 1 aromatic carbocycles. The van der Waals surface area contributed by atoms with Gasteiger partial charge in [-0.25, -0.2) is 0 Å². The topological polar surface area (TPSA) is 53.7 Å². The maximum Gasteiger partial charge on any atom is 0.257 e. The van der Waals surface area contributed by atoms with Gasteiger partial charge in [-0.1, -0.05) is 30.3 Å². The van der Waals surface area contributed by atoms with E-state index in [2.05, 4.69) is 0 Å². The number of rotatable bonds is 4. The van der Waals surface area contributed by atoms with Gasteiger partial charge in [0.05, 0.1) is 17.9 Å². The maximum absolute atomic E-state index is 12.6. The molecule has 2 heterocycles. The number of aryl methyl sites for hydroxylation is 1. The van der Waals surface area contributed by atoms with Crippen LogP contribution in [0.15, 0.2) is 47.1 Å². The molecule has 0 unspecified atom stereocenters. The zero-order valence-corrected chi connectivity index (χ0v) is 12.7. The largest absolute Gasteiger partial charge is 0.469 e. The minimum atomic E-state index is -0.537. The summed E-state index contributed by atoms with van der Waals surface area (Å²) in [7, 11) is 0. The summed E-state index contributed by atoms with van der Waals surface area (Å²) >= 11 is 0. The van der Waals surface area contributed by atoms with Gasteiger partial charge in [-0.15, -0.1) is 0 Å². The summed E-state index contributed by atoms with van der Waals surface area (Å²) in [6.07, 6.45) is 3.51. The van der Waals surface area contributed by atoms with Crippen molar-refractivity contribution in [2.75, 3.05) is 6.54 Å². The number of nitrogens with zero attached hydrogens (tertiary/aromatic N) is 1. The average Bonchev–Trinajstić information content (AvgIpc) is 3.16. The lowest BCUT2D eigenvalue weighted by Crippen LogP contribution is -2.36. The number of carbonyl (C=O) groups excluding carboxylic acids is 1. The highest BCUT2D eigenvalue weighted by atomic mass is 16.3. The van der Waals surface area contributed by atoms with Crippen LogP contribution >= 0.6 is 0 Å². The third-order valence-corrected chi connectivity index (χ3v) is 4.41. The number of amides is 1. The summed E-state index contributed by atoms with van der Waals surface area (Å²) in [5.74, 6) is 0.660. The molecule has 4 heteroatoms. The van der Waals surface area contributed by atoms with Gasteiger partial charge >= 0.3 is 0 Å². The fourth-order valence-electron chi connectivity index (χ4n) is 3.18. The van der Waals surface area contributed by atoms with Crippen molar-refractivity contribution in [3.05, 3.63) is 59.5 Å². The number of carbonyl (C=O) groups is 1. The van der Waals surface area contributed by atoms with Crippen molar-refractivity contribution in [2.45, 2.75) is 38.3 Å². The quantitative estimate of drug-likeness (QED) is 0.942. The second-order valence-corrected chi connectivity index (χ2v) is 5.85. The molecule has 1 saturated heterocycles. The molecule has 22 heavy (non-hydrogen) atoms. The fourth-order valence-corrected chi connectivity index (χ4v) is 3.18. The van der Waals surface area contributed by atoms with Crippen molar-refractivity contribution in [3.8, 4) is 0 Å². The summed E-state index contributed by atoms with van der Waals surface area (Å²) in [6, 6.07) is 11.4. The van der Waals surface area contributed by atoms with E-state index in [4.69, 9.17) is 4.42 Å². The molecule has 3 rings (SSSR count). The van der Waals surface area contributed by atoms with Crippen molar-refractivity contribution in [1.82, 2.24) is 4.90 Å². The number of hydrogen-bond acceptors (Lipinski definition) is 3. The molecule has 2 atom stereocenters. The van der Waals surface area contributed by atoms with Gasteiger partial charge in [-0.2, -0.15) is 0 Å². The van der Waals surface area contributed by atoms with Crippen LogP contribution in [0.4, 0.5) is 0 Å². The van der Waals surface area contributed by atoms with Crippen LogP contribution in [0, 0.1) is 6.92 Å². The summed E-state index contributed by atoms with van der Waals surface area (Å²) in [4.78, 5) is 14.5. The second-order valence-electron chi connectivity index (χ2n) is 5.85. The van der Waals surface area contributed by atoms with Crippen LogP contribution in [-0.4, -0.2) is 28.5 Å². The summed E-state index contributed by atoms with van der Waals surface area (Å²) < 4.78 is 5.23. The molecule has 0 radical (unpaired) electrons. The lowest BCUT2D eigenvalue weighted by Gasteiger charge is -2.26. The molecule has 0 saturated carbocycles. The first-order chi connectivity index (χ1) is 10.7. The number of furan rings is 1. The van der Waals surface area contributed by atoms with Crippen LogP contribution in [0.5, 0.6) is 0 Å². The van der Waals surface area contributed by atoms with Crippen LogP contribution in [0.1, 0.15) is 47.0 Å². The van der Waals surface area contributed by atoms with Gasteiger partial charge in [0.2, 0.25) is 0 Å². The van der Waals surface area contributed by atoms with E-state index in [0.29, 0.717) is 17.7 Å². The first kappa shape index (κ1) is 14.9. The number of likely N-dealkylation sites (tertiary alicyclic amines) is 1. The maximum atomic E-state index is 12.6. The van der Waals surface area contributed by atoms with Crippen molar-refractivity contribution in [2.24, 2.45) is 0 Å². The predicted molar refractivity (Wildman–Crippen MR) is 83.5 cm³/mol. The fraction of sp³-hybridized carbons (Fsp3) is 0.389. The minimum Gasteiger partial charge on any atom is -0.469 e. The zero-order chi connectivity index (χ0) is 15.5.